The largest absolute Gasteiger partial charge is 0.480 e. The number of alkyl carbamates (subject to hydrolysis) is 1. The SMILES string of the molecule is CCN(C(=O)[C@@H](NC(=O)OCC1c2ccccc2-c2ccccc21)[C@@H](C)OC(C)(C)C)[C@@H](CSC(c1ccccc1)(c1ccccc1)c1ccccc1)C(=O)O. The zero-order valence-electron chi connectivity index (χ0n) is 32.6. The number of rotatable bonds is 15. The van der Waals surface area contributed by atoms with Crippen LogP contribution in [-0.2, 0) is 23.8 Å². The van der Waals surface area contributed by atoms with Crippen molar-refractivity contribution in [1.29, 1.82) is 0 Å². The highest BCUT2D eigenvalue weighted by Crippen LogP contribution is 2.49. The summed E-state index contributed by atoms with van der Waals surface area (Å²) in [5.74, 6) is -1.86. The van der Waals surface area contributed by atoms with E-state index in [2.05, 4.69) is 17.4 Å². The zero-order valence-corrected chi connectivity index (χ0v) is 33.4. The molecule has 290 valence electrons. The minimum Gasteiger partial charge on any atom is -0.480 e. The number of likely N-dealkylation sites (N-methyl/N-ethyl adjacent to an activating group) is 1. The summed E-state index contributed by atoms with van der Waals surface area (Å²) in [6.07, 6.45) is -1.61. The highest BCUT2D eigenvalue weighted by atomic mass is 32.2. The van der Waals surface area contributed by atoms with Crippen LogP contribution in [0.4, 0.5) is 4.79 Å². The number of ether oxygens (including phenoxy) is 2. The van der Waals surface area contributed by atoms with Gasteiger partial charge in [-0.15, -0.1) is 11.8 Å². The molecule has 0 radical (unpaired) electrons. The molecule has 0 bridgehead atoms. The lowest BCUT2D eigenvalue weighted by molar-refractivity contribution is -0.153. The maximum atomic E-state index is 14.7. The minimum atomic E-state index is -1.25. The highest BCUT2D eigenvalue weighted by molar-refractivity contribution is 8.00. The van der Waals surface area contributed by atoms with E-state index in [0.717, 1.165) is 38.9 Å². The third-order valence-corrected chi connectivity index (χ3v) is 11.8. The first-order chi connectivity index (χ1) is 26.9. The van der Waals surface area contributed by atoms with Gasteiger partial charge in [-0.3, -0.25) is 4.79 Å². The van der Waals surface area contributed by atoms with Gasteiger partial charge >= 0.3 is 12.1 Å². The molecule has 0 saturated heterocycles. The molecule has 0 aromatic heterocycles. The Labute approximate surface area is 334 Å². The molecule has 0 heterocycles. The molecule has 0 unspecified atom stereocenters. The zero-order chi connectivity index (χ0) is 39.9. The topological polar surface area (TPSA) is 105 Å². The van der Waals surface area contributed by atoms with Crippen molar-refractivity contribution < 1.29 is 29.0 Å². The lowest BCUT2D eigenvalue weighted by Gasteiger charge is -2.39. The van der Waals surface area contributed by atoms with Gasteiger partial charge in [0.2, 0.25) is 5.91 Å². The number of fused-ring (bicyclic) bond motifs is 3. The molecular weight excluding hydrogens is 721 g/mol. The van der Waals surface area contributed by atoms with E-state index in [9.17, 15) is 19.5 Å². The van der Waals surface area contributed by atoms with Gasteiger partial charge in [0.15, 0.2) is 0 Å². The van der Waals surface area contributed by atoms with Gasteiger partial charge in [0.05, 0.1) is 16.5 Å². The standard InChI is InChI=1S/C47H50N2O6S/c1-6-49(41(44(51)52)31-56-47(33-20-10-7-11-21-33,34-22-12-8-13-23-34)35-24-14-9-15-25-35)43(50)42(32(2)55-46(3,4)5)48-45(53)54-30-40-38-28-18-16-26-36(38)37-27-17-19-29-39(37)40/h7-29,32,40-42H,6,30-31H2,1-5H3,(H,48,53)(H,51,52)/t32-,41+,42+/m1/s1. The smallest absolute Gasteiger partial charge is 0.407 e. The van der Waals surface area contributed by atoms with Crippen molar-refractivity contribution in [2.45, 2.75) is 69.1 Å². The van der Waals surface area contributed by atoms with Crippen LogP contribution in [0.2, 0.25) is 0 Å². The fourth-order valence-electron chi connectivity index (χ4n) is 7.75. The summed E-state index contributed by atoms with van der Waals surface area (Å²) in [7, 11) is 0. The lowest BCUT2D eigenvalue weighted by Crippen LogP contribution is -2.59. The lowest BCUT2D eigenvalue weighted by atomic mass is 9.84. The van der Waals surface area contributed by atoms with Gasteiger partial charge in [-0.2, -0.15) is 0 Å². The second-order valence-electron chi connectivity index (χ2n) is 15.0. The third-order valence-electron chi connectivity index (χ3n) is 10.2. The molecular formula is C47H50N2O6S. The minimum absolute atomic E-state index is 0.0414. The Hall–Kier alpha value is -5.38. The van der Waals surface area contributed by atoms with E-state index in [4.69, 9.17) is 9.47 Å². The molecule has 0 spiro atoms. The van der Waals surface area contributed by atoms with Crippen LogP contribution in [0.1, 0.15) is 68.4 Å². The number of nitrogens with one attached hydrogen (secondary N) is 1. The number of benzene rings is 5. The van der Waals surface area contributed by atoms with Gasteiger partial charge in [-0.1, -0.05) is 140 Å². The average Bonchev–Trinajstić information content (AvgIpc) is 3.52. The summed E-state index contributed by atoms with van der Waals surface area (Å²) in [5.41, 5.74) is 6.59. The number of amides is 2. The molecule has 56 heavy (non-hydrogen) atoms. The summed E-state index contributed by atoms with van der Waals surface area (Å²) in [4.78, 5) is 43.0. The number of thioether (sulfide) groups is 1. The molecule has 5 aromatic carbocycles. The van der Waals surface area contributed by atoms with Gasteiger partial charge in [-0.25, -0.2) is 9.59 Å². The molecule has 1 aliphatic carbocycles. The molecule has 2 N–H and O–H groups in total. The Morgan fingerprint density at radius 2 is 1.18 bits per heavy atom. The third kappa shape index (κ3) is 8.69. The Morgan fingerprint density at radius 3 is 1.61 bits per heavy atom. The number of carbonyl (C=O) groups excluding carboxylic acids is 2. The fourth-order valence-corrected chi connectivity index (χ4v) is 9.39. The highest BCUT2D eigenvalue weighted by Gasteiger charge is 2.42. The predicted molar refractivity (Wildman–Crippen MR) is 223 cm³/mol. The number of aliphatic carboxylic acids is 1. The van der Waals surface area contributed by atoms with Gasteiger partial charge < -0.3 is 24.8 Å². The van der Waals surface area contributed by atoms with E-state index in [1.54, 1.807) is 13.8 Å². The first kappa shape index (κ1) is 40.3. The summed E-state index contributed by atoms with van der Waals surface area (Å²) in [5, 5.41) is 13.6. The summed E-state index contributed by atoms with van der Waals surface area (Å²) in [6, 6.07) is 43.6. The Bertz CT molecular complexity index is 1960. The number of hydrogen-bond acceptors (Lipinski definition) is 6. The van der Waals surface area contributed by atoms with Crippen LogP contribution >= 0.6 is 11.8 Å². The van der Waals surface area contributed by atoms with Crippen molar-refractivity contribution in [2.75, 3.05) is 18.9 Å². The molecule has 8 nitrogen and oxygen atoms in total. The Balaban J connectivity index is 1.28. The summed E-state index contributed by atoms with van der Waals surface area (Å²) in [6.45, 7) is 9.19. The van der Waals surface area contributed by atoms with E-state index >= 15 is 0 Å². The van der Waals surface area contributed by atoms with Crippen LogP contribution in [0.3, 0.4) is 0 Å². The molecule has 2 amide bonds. The molecule has 0 saturated carbocycles. The first-order valence-electron chi connectivity index (χ1n) is 19.1. The molecule has 0 fully saturated rings. The van der Waals surface area contributed by atoms with E-state index in [1.807, 2.05) is 148 Å². The van der Waals surface area contributed by atoms with Crippen LogP contribution in [-0.4, -0.2) is 70.7 Å². The number of carboxylic acid groups (broad SMARTS) is 1. The normalized spacial score (nSPS) is 14.2. The van der Waals surface area contributed by atoms with Crippen molar-refractivity contribution in [3.63, 3.8) is 0 Å². The van der Waals surface area contributed by atoms with Gasteiger partial charge in [0.1, 0.15) is 18.7 Å². The van der Waals surface area contributed by atoms with Gasteiger partial charge in [-0.05, 0) is 73.6 Å². The van der Waals surface area contributed by atoms with Crippen LogP contribution in [0, 0.1) is 0 Å². The van der Waals surface area contributed by atoms with Crippen molar-refractivity contribution in [1.82, 2.24) is 10.2 Å². The van der Waals surface area contributed by atoms with E-state index in [-0.39, 0.29) is 24.8 Å². The second kappa shape index (κ2) is 17.6. The number of nitrogens with zero attached hydrogens (tertiary/aromatic N) is 1. The van der Waals surface area contributed by atoms with Crippen LogP contribution in [0.15, 0.2) is 140 Å². The molecule has 0 aliphatic heterocycles. The van der Waals surface area contributed by atoms with Crippen LogP contribution in [0.25, 0.3) is 11.1 Å². The maximum absolute atomic E-state index is 14.7. The van der Waals surface area contributed by atoms with Crippen molar-refractivity contribution in [2.24, 2.45) is 0 Å². The fraction of sp³-hybridized carbons (Fsp3) is 0.298. The number of hydrogen-bond donors (Lipinski definition) is 2. The number of carboxylic acids is 1. The molecule has 5 aromatic rings. The van der Waals surface area contributed by atoms with Crippen LogP contribution in [0.5, 0.6) is 0 Å². The van der Waals surface area contributed by atoms with Crippen molar-refractivity contribution >= 4 is 29.7 Å². The molecule has 1 aliphatic rings. The second-order valence-corrected chi connectivity index (χ2v) is 16.2. The number of carbonyl (C=O) groups is 3. The quantitative estimate of drug-likeness (QED) is 0.102. The van der Waals surface area contributed by atoms with Crippen molar-refractivity contribution in [3.05, 3.63) is 167 Å². The summed E-state index contributed by atoms with van der Waals surface area (Å²) < 4.78 is 11.3. The first-order valence-corrected chi connectivity index (χ1v) is 20.1. The Morgan fingerprint density at radius 1 is 0.732 bits per heavy atom. The van der Waals surface area contributed by atoms with Crippen molar-refractivity contribution in [3.8, 4) is 11.1 Å². The van der Waals surface area contributed by atoms with Gasteiger partial charge in [0.25, 0.3) is 0 Å². The van der Waals surface area contributed by atoms with E-state index in [0.29, 0.717) is 0 Å². The van der Waals surface area contributed by atoms with E-state index < -0.39 is 46.5 Å². The average molecular weight is 771 g/mol. The predicted octanol–water partition coefficient (Wildman–Crippen LogP) is 9.12. The Kier molecular flexibility index (Phi) is 12.7. The summed E-state index contributed by atoms with van der Waals surface area (Å²) >= 11 is 1.46. The van der Waals surface area contributed by atoms with Gasteiger partial charge in [0, 0.05) is 18.2 Å². The molecule has 3 atom stereocenters. The van der Waals surface area contributed by atoms with E-state index in [1.165, 1.54) is 16.7 Å². The molecule has 9 heteroatoms. The maximum Gasteiger partial charge on any atom is 0.407 e. The molecule has 6 rings (SSSR count). The monoisotopic (exact) mass is 770 g/mol. The van der Waals surface area contributed by atoms with Crippen LogP contribution < -0.4 is 5.32 Å².